The molecule has 0 amide bonds. The van der Waals surface area contributed by atoms with Gasteiger partial charge in [-0.05, 0) is 12.8 Å². The van der Waals surface area contributed by atoms with Crippen LogP contribution in [0.25, 0.3) is 0 Å². The molecule has 10 heteroatoms. The standard InChI is InChI=1S/C16H28O10/c17-14(18)3-1-2-4-16(21)26-12-11-24-8-7-22-5-6-23-9-10-25-13-15(19)20/h1-13H2,(H,17,18)(H,19,20). The van der Waals surface area contributed by atoms with Crippen LogP contribution in [0.4, 0.5) is 0 Å². The molecule has 0 saturated carbocycles. The Morgan fingerprint density at radius 1 is 0.577 bits per heavy atom. The summed E-state index contributed by atoms with van der Waals surface area (Å²) in [6.07, 6.45) is 1.21. The highest BCUT2D eigenvalue weighted by Gasteiger charge is 2.04. The highest BCUT2D eigenvalue weighted by atomic mass is 16.6. The molecule has 0 bridgehead atoms. The van der Waals surface area contributed by atoms with Gasteiger partial charge in [-0.3, -0.25) is 9.59 Å². The van der Waals surface area contributed by atoms with E-state index in [9.17, 15) is 14.4 Å². The second-order valence-electron chi connectivity index (χ2n) is 5.10. The second-order valence-corrected chi connectivity index (χ2v) is 5.10. The highest BCUT2D eigenvalue weighted by Crippen LogP contribution is 2.01. The van der Waals surface area contributed by atoms with Crippen molar-refractivity contribution in [1.82, 2.24) is 0 Å². The zero-order valence-electron chi connectivity index (χ0n) is 14.9. The lowest BCUT2D eigenvalue weighted by Gasteiger charge is -2.07. The molecule has 0 aliphatic carbocycles. The lowest BCUT2D eigenvalue weighted by Crippen LogP contribution is -2.15. The quantitative estimate of drug-likeness (QED) is 0.238. The van der Waals surface area contributed by atoms with Crippen LogP contribution in [0.5, 0.6) is 0 Å². The van der Waals surface area contributed by atoms with Gasteiger partial charge in [-0.1, -0.05) is 0 Å². The molecule has 0 heterocycles. The first-order valence-corrected chi connectivity index (χ1v) is 8.42. The van der Waals surface area contributed by atoms with Crippen molar-refractivity contribution in [3.05, 3.63) is 0 Å². The van der Waals surface area contributed by atoms with Gasteiger partial charge in [0.1, 0.15) is 13.2 Å². The molecule has 10 nitrogen and oxygen atoms in total. The Labute approximate surface area is 152 Å². The summed E-state index contributed by atoms with van der Waals surface area (Å²) in [5, 5.41) is 16.8. The van der Waals surface area contributed by atoms with Crippen molar-refractivity contribution in [3.63, 3.8) is 0 Å². The Balaban J connectivity index is 3.16. The normalized spacial score (nSPS) is 10.6. The van der Waals surface area contributed by atoms with E-state index < -0.39 is 11.9 Å². The van der Waals surface area contributed by atoms with Gasteiger partial charge < -0.3 is 33.9 Å². The Hall–Kier alpha value is -1.75. The van der Waals surface area contributed by atoms with Crippen molar-refractivity contribution < 1.29 is 48.3 Å². The lowest BCUT2D eigenvalue weighted by atomic mass is 10.2. The second kappa shape index (κ2) is 18.1. The minimum Gasteiger partial charge on any atom is -0.481 e. The zero-order chi connectivity index (χ0) is 19.5. The van der Waals surface area contributed by atoms with Crippen molar-refractivity contribution in [2.75, 3.05) is 59.5 Å². The molecule has 0 spiro atoms. The van der Waals surface area contributed by atoms with Gasteiger partial charge in [-0.25, -0.2) is 4.79 Å². The van der Waals surface area contributed by atoms with Gasteiger partial charge in [0.2, 0.25) is 0 Å². The van der Waals surface area contributed by atoms with Crippen LogP contribution in [0.3, 0.4) is 0 Å². The first-order chi connectivity index (χ1) is 12.5. The van der Waals surface area contributed by atoms with Crippen molar-refractivity contribution in [1.29, 1.82) is 0 Å². The van der Waals surface area contributed by atoms with E-state index in [2.05, 4.69) is 0 Å². The van der Waals surface area contributed by atoms with Crippen LogP contribution in [0.2, 0.25) is 0 Å². The van der Waals surface area contributed by atoms with E-state index in [1.165, 1.54) is 0 Å². The molecule has 0 fully saturated rings. The molecule has 26 heavy (non-hydrogen) atoms. The number of hydrogen-bond donors (Lipinski definition) is 2. The highest BCUT2D eigenvalue weighted by molar-refractivity contribution is 5.69. The monoisotopic (exact) mass is 380 g/mol. The lowest BCUT2D eigenvalue weighted by molar-refractivity contribution is -0.146. The summed E-state index contributed by atoms with van der Waals surface area (Å²) >= 11 is 0. The summed E-state index contributed by atoms with van der Waals surface area (Å²) in [5.41, 5.74) is 0. The van der Waals surface area contributed by atoms with Gasteiger partial charge in [0.25, 0.3) is 0 Å². The third kappa shape index (κ3) is 20.3. The summed E-state index contributed by atoms with van der Waals surface area (Å²) in [6, 6.07) is 0. The fourth-order valence-electron chi connectivity index (χ4n) is 1.65. The third-order valence-corrected chi connectivity index (χ3v) is 2.85. The minimum absolute atomic E-state index is 0.0555. The predicted molar refractivity (Wildman–Crippen MR) is 88.0 cm³/mol. The molecule has 0 aromatic carbocycles. The number of unbranched alkanes of at least 4 members (excludes halogenated alkanes) is 1. The minimum atomic E-state index is -1.01. The molecule has 0 radical (unpaired) electrons. The molecule has 0 aromatic rings. The summed E-state index contributed by atoms with van der Waals surface area (Å²) in [4.78, 5) is 31.8. The van der Waals surface area contributed by atoms with Crippen molar-refractivity contribution in [2.45, 2.75) is 25.7 Å². The van der Waals surface area contributed by atoms with Crippen LogP contribution in [0.15, 0.2) is 0 Å². The van der Waals surface area contributed by atoms with E-state index >= 15 is 0 Å². The predicted octanol–water partition coefficient (Wildman–Crippen LogP) is 0.326. The Bertz CT molecular complexity index is 385. The average molecular weight is 380 g/mol. The number of rotatable bonds is 19. The summed E-state index contributed by atoms with van der Waals surface area (Å²) < 4.78 is 25.4. The number of hydrogen-bond acceptors (Lipinski definition) is 8. The Morgan fingerprint density at radius 3 is 1.54 bits per heavy atom. The summed E-state index contributed by atoms with van der Waals surface area (Å²) in [6.45, 7) is 2.09. The molecule has 0 aliphatic rings. The van der Waals surface area contributed by atoms with Gasteiger partial charge in [-0.15, -0.1) is 0 Å². The fourth-order valence-corrected chi connectivity index (χ4v) is 1.65. The molecule has 0 aliphatic heterocycles. The van der Waals surface area contributed by atoms with Crippen LogP contribution in [0, 0.1) is 0 Å². The smallest absolute Gasteiger partial charge is 0.329 e. The van der Waals surface area contributed by atoms with Gasteiger partial charge >= 0.3 is 17.9 Å². The van der Waals surface area contributed by atoms with Crippen LogP contribution in [-0.4, -0.2) is 87.6 Å². The van der Waals surface area contributed by atoms with E-state index in [4.69, 9.17) is 33.9 Å². The first kappa shape index (κ1) is 24.2. The number of ether oxygens (including phenoxy) is 5. The van der Waals surface area contributed by atoms with Crippen molar-refractivity contribution in [2.24, 2.45) is 0 Å². The van der Waals surface area contributed by atoms with E-state index in [0.717, 1.165) is 0 Å². The molecule has 152 valence electrons. The largest absolute Gasteiger partial charge is 0.481 e. The van der Waals surface area contributed by atoms with Crippen LogP contribution < -0.4 is 0 Å². The number of carboxylic acids is 2. The van der Waals surface area contributed by atoms with Crippen molar-refractivity contribution >= 4 is 17.9 Å². The Kier molecular flexibility index (Phi) is 16.8. The van der Waals surface area contributed by atoms with Gasteiger partial charge in [-0.2, -0.15) is 0 Å². The number of carboxylic acid groups (broad SMARTS) is 2. The molecule has 0 atom stereocenters. The molecule has 0 unspecified atom stereocenters. The van der Waals surface area contributed by atoms with E-state index in [1.807, 2.05) is 0 Å². The Morgan fingerprint density at radius 2 is 1.04 bits per heavy atom. The third-order valence-electron chi connectivity index (χ3n) is 2.85. The molecule has 0 aromatic heterocycles. The van der Waals surface area contributed by atoms with E-state index in [-0.39, 0.29) is 45.2 Å². The van der Waals surface area contributed by atoms with E-state index in [0.29, 0.717) is 45.9 Å². The number of carbonyl (C=O) groups excluding carboxylic acids is 1. The zero-order valence-corrected chi connectivity index (χ0v) is 14.9. The summed E-state index contributed by atoms with van der Waals surface area (Å²) in [5.74, 6) is -2.25. The number of aliphatic carboxylic acids is 2. The van der Waals surface area contributed by atoms with E-state index in [1.54, 1.807) is 0 Å². The molecular formula is C16H28O10. The molecule has 0 saturated heterocycles. The average Bonchev–Trinajstić information content (AvgIpc) is 2.58. The van der Waals surface area contributed by atoms with Crippen LogP contribution >= 0.6 is 0 Å². The summed E-state index contributed by atoms with van der Waals surface area (Å²) in [7, 11) is 0. The maximum atomic E-state index is 11.3. The van der Waals surface area contributed by atoms with Crippen LogP contribution in [-0.2, 0) is 38.1 Å². The maximum Gasteiger partial charge on any atom is 0.329 e. The van der Waals surface area contributed by atoms with Crippen LogP contribution in [0.1, 0.15) is 25.7 Å². The first-order valence-electron chi connectivity index (χ1n) is 8.42. The van der Waals surface area contributed by atoms with Gasteiger partial charge in [0.05, 0.1) is 46.2 Å². The topological polar surface area (TPSA) is 138 Å². The maximum absolute atomic E-state index is 11.3. The van der Waals surface area contributed by atoms with Gasteiger partial charge in [0.15, 0.2) is 0 Å². The molecule has 2 N–H and O–H groups in total. The van der Waals surface area contributed by atoms with Crippen molar-refractivity contribution in [3.8, 4) is 0 Å². The number of esters is 1. The SMILES string of the molecule is O=C(O)CCCCC(=O)OCCOCCOCCOCCOCC(=O)O. The fraction of sp³-hybridized carbons (Fsp3) is 0.812. The molecule has 0 rings (SSSR count). The van der Waals surface area contributed by atoms with Gasteiger partial charge in [0, 0.05) is 12.8 Å². The number of carbonyl (C=O) groups is 3. The molecular weight excluding hydrogens is 352 g/mol.